The van der Waals surface area contributed by atoms with Crippen molar-refractivity contribution in [1.29, 1.82) is 0 Å². The average Bonchev–Trinajstić information content (AvgIpc) is 3.59. The maximum atomic E-state index is 12.6. The highest BCUT2D eigenvalue weighted by atomic mass is 35.5. The zero-order chi connectivity index (χ0) is 30.0. The molecule has 0 radical (unpaired) electrons. The largest absolute Gasteiger partial charge is 0.360 e. The molecule has 4 fully saturated rings. The summed E-state index contributed by atoms with van der Waals surface area (Å²) >= 11 is 14.6. The average molecular weight is 662 g/mol. The number of hydrogen-bond acceptors (Lipinski definition) is 9. The van der Waals surface area contributed by atoms with Crippen LogP contribution < -0.4 is 14.9 Å². The molecule has 8 rings (SSSR count). The summed E-state index contributed by atoms with van der Waals surface area (Å²) in [7, 11) is -1.14. The van der Waals surface area contributed by atoms with Gasteiger partial charge in [-0.25, -0.2) is 9.71 Å². The van der Waals surface area contributed by atoms with E-state index in [1.165, 1.54) is 25.4 Å². The van der Waals surface area contributed by atoms with Gasteiger partial charge in [0.1, 0.15) is 11.5 Å². The molecular formula is C29H30Cl2N6O4S2. The van der Waals surface area contributed by atoms with Crippen LogP contribution in [0.1, 0.15) is 59.7 Å². The molecule has 10 nitrogen and oxygen atoms in total. The first-order valence-electron chi connectivity index (χ1n) is 14.2. The molecule has 2 aromatic carbocycles. The van der Waals surface area contributed by atoms with Crippen LogP contribution >= 0.6 is 34.5 Å². The SMILES string of the molecule is CN(C)S(=O)(=O)NC(=O)c1ccc2nc(N3C4CC(NCc5c(-c6c(Cl)cccc6Cl)noc5C5CC5)CC3C4)sc2c1. The highest BCUT2D eigenvalue weighted by Gasteiger charge is 2.46. The number of anilines is 1. The van der Waals surface area contributed by atoms with Gasteiger partial charge < -0.3 is 14.7 Å². The Morgan fingerprint density at radius 2 is 1.84 bits per heavy atom. The maximum absolute atomic E-state index is 12.6. The van der Waals surface area contributed by atoms with Crippen molar-refractivity contribution in [2.24, 2.45) is 0 Å². The molecule has 2 aromatic heterocycles. The minimum atomic E-state index is -3.87. The van der Waals surface area contributed by atoms with Crippen molar-refractivity contribution in [2.75, 3.05) is 19.0 Å². The number of thiazole rings is 1. The molecule has 2 N–H and O–H groups in total. The second kappa shape index (κ2) is 11.0. The van der Waals surface area contributed by atoms with Crippen LogP contribution in [0.5, 0.6) is 0 Å². The summed E-state index contributed by atoms with van der Waals surface area (Å²) < 4.78 is 33.9. The van der Waals surface area contributed by atoms with E-state index in [1.54, 1.807) is 18.2 Å². The van der Waals surface area contributed by atoms with Gasteiger partial charge in [-0.3, -0.25) is 4.79 Å². The van der Waals surface area contributed by atoms with Crippen molar-refractivity contribution in [2.45, 2.75) is 62.7 Å². The molecular weight excluding hydrogens is 631 g/mol. The molecule has 0 spiro atoms. The number of carbonyl (C=O) groups is 1. The molecule has 2 saturated heterocycles. The zero-order valence-electron chi connectivity index (χ0n) is 23.5. The number of fused-ring (bicyclic) bond motifs is 3. The summed E-state index contributed by atoms with van der Waals surface area (Å²) in [6, 6.07) is 11.6. The van der Waals surface area contributed by atoms with Gasteiger partial charge in [0.25, 0.3) is 5.91 Å². The number of amides is 1. The second-order valence-electron chi connectivity index (χ2n) is 11.6. The number of rotatable bonds is 9. The van der Waals surface area contributed by atoms with Gasteiger partial charge in [0.05, 0.1) is 20.3 Å². The minimum absolute atomic E-state index is 0.276. The van der Waals surface area contributed by atoms with E-state index in [1.807, 2.05) is 18.2 Å². The first kappa shape index (κ1) is 29.0. The summed E-state index contributed by atoms with van der Waals surface area (Å²) in [5.41, 5.74) is 3.54. The number of piperidine rings is 1. The predicted octanol–water partition coefficient (Wildman–Crippen LogP) is 5.57. The molecule has 1 amide bonds. The van der Waals surface area contributed by atoms with Gasteiger partial charge in [-0.1, -0.05) is 45.8 Å². The first-order chi connectivity index (χ1) is 20.6. The van der Waals surface area contributed by atoms with E-state index >= 15 is 0 Å². The highest BCUT2D eigenvalue weighted by Crippen LogP contribution is 2.47. The molecule has 226 valence electrons. The van der Waals surface area contributed by atoms with Gasteiger partial charge in [-0.05, 0) is 62.4 Å². The Bertz CT molecular complexity index is 1810. The number of halogens is 2. The molecule has 4 heterocycles. The van der Waals surface area contributed by atoms with Crippen molar-refractivity contribution in [1.82, 2.24) is 24.5 Å². The highest BCUT2D eigenvalue weighted by molar-refractivity contribution is 7.87. The van der Waals surface area contributed by atoms with Crippen LogP contribution in [0, 0.1) is 0 Å². The van der Waals surface area contributed by atoms with Gasteiger partial charge in [0.2, 0.25) is 0 Å². The van der Waals surface area contributed by atoms with E-state index in [4.69, 9.17) is 32.7 Å². The van der Waals surface area contributed by atoms with Crippen molar-refractivity contribution in [3.63, 3.8) is 0 Å². The van der Waals surface area contributed by atoms with Crippen LogP contribution in [-0.2, 0) is 16.8 Å². The first-order valence-corrected chi connectivity index (χ1v) is 17.2. The number of nitrogens with zero attached hydrogens (tertiary/aromatic N) is 4. The summed E-state index contributed by atoms with van der Waals surface area (Å²) in [6.07, 6.45) is 5.28. The van der Waals surface area contributed by atoms with Crippen molar-refractivity contribution in [3.05, 3.63) is 63.3 Å². The van der Waals surface area contributed by atoms with Crippen molar-refractivity contribution in [3.8, 4) is 11.3 Å². The number of benzene rings is 2. The lowest BCUT2D eigenvalue weighted by atomic mass is 9.77. The lowest BCUT2D eigenvalue weighted by Gasteiger charge is -2.55. The molecule has 4 aromatic rings. The van der Waals surface area contributed by atoms with E-state index in [0.717, 1.165) is 68.8 Å². The fourth-order valence-electron chi connectivity index (χ4n) is 6.11. The Morgan fingerprint density at radius 3 is 2.51 bits per heavy atom. The normalized spacial score (nSPS) is 21.8. The maximum Gasteiger partial charge on any atom is 0.303 e. The Hall–Kier alpha value is -2.74. The van der Waals surface area contributed by atoms with Gasteiger partial charge in [-0.15, -0.1) is 0 Å². The fraction of sp³-hybridized carbons (Fsp3) is 0.414. The Balaban J connectivity index is 1.04. The minimum Gasteiger partial charge on any atom is -0.360 e. The van der Waals surface area contributed by atoms with Gasteiger partial charge in [-0.2, -0.15) is 12.7 Å². The van der Waals surface area contributed by atoms with E-state index in [-0.39, 0.29) is 5.56 Å². The van der Waals surface area contributed by atoms with E-state index in [2.05, 4.69) is 20.1 Å². The Labute approximate surface area is 263 Å². The monoisotopic (exact) mass is 660 g/mol. The molecule has 2 aliphatic carbocycles. The van der Waals surface area contributed by atoms with Gasteiger partial charge >= 0.3 is 10.2 Å². The van der Waals surface area contributed by atoms with E-state index < -0.39 is 16.1 Å². The third kappa shape index (κ3) is 5.42. The summed E-state index contributed by atoms with van der Waals surface area (Å²) in [4.78, 5) is 19.8. The van der Waals surface area contributed by atoms with E-state index in [0.29, 0.717) is 46.2 Å². The standard InChI is InChI=1S/C29H30Cl2N6O4S2/c1-36(2)43(39,40)35-28(38)16-8-9-23-24(10-16)42-29(33-23)37-18-11-17(12-19(37)13-18)32-14-20-26(34-41-27(20)15-6-7-15)25-21(30)4-3-5-22(25)31/h3-5,8-10,15,17-19,32H,6-7,11-14H2,1-2H3,(H,35,38). The molecule has 2 unspecified atom stereocenters. The number of aromatic nitrogens is 2. The van der Waals surface area contributed by atoms with Crippen LogP contribution in [0.15, 0.2) is 40.9 Å². The number of hydrogen-bond donors (Lipinski definition) is 2. The molecule has 14 heteroatoms. The van der Waals surface area contributed by atoms with Crippen LogP contribution in [0.4, 0.5) is 5.13 Å². The summed E-state index contributed by atoms with van der Waals surface area (Å²) in [5, 5.41) is 10.2. The van der Waals surface area contributed by atoms with Crippen LogP contribution in [0.3, 0.4) is 0 Å². The van der Waals surface area contributed by atoms with Crippen LogP contribution in [0.25, 0.3) is 21.5 Å². The predicted molar refractivity (Wildman–Crippen MR) is 168 cm³/mol. The Kier molecular flexibility index (Phi) is 7.42. The molecule has 2 saturated carbocycles. The lowest BCUT2D eigenvalue weighted by molar-refractivity contribution is 0.0980. The topological polar surface area (TPSA) is 121 Å². The fourth-order valence-corrected chi connectivity index (χ4v) is 8.37. The summed E-state index contributed by atoms with van der Waals surface area (Å²) in [5.74, 6) is 0.665. The van der Waals surface area contributed by atoms with E-state index in [9.17, 15) is 13.2 Å². The van der Waals surface area contributed by atoms with Gasteiger partial charge in [0.15, 0.2) is 5.13 Å². The Morgan fingerprint density at radius 1 is 1.12 bits per heavy atom. The van der Waals surface area contributed by atoms with Crippen LogP contribution in [-0.4, -0.2) is 61.0 Å². The quantitative estimate of drug-likeness (QED) is 0.239. The molecule has 2 atom stereocenters. The third-order valence-electron chi connectivity index (χ3n) is 8.54. The molecule has 4 aliphatic rings. The number of nitrogens with one attached hydrogen (secondary N) is 2. The zero-order valence-corrected chi connectivity index (χ0v) is 26.7. The summed E-state index contributed by atoms with van der Waals surface area (Å²) in [6.45, 7) is 0.631. The number of carbonyl (C=O) groups excluding carboxylic acids is 1. The van der Waals surface area contributed by atoms with Crippen LogP contribution in [0.2, 0.25) is 10.0 Å². The molecule has 2 aliphatic heterocycles. The lowest BCUT2D eigenvalue weighted by Crippen LogP contribution is -2.64. The molecule has 2 bridgehead atoms. The third-order valence-corrected chi connectivity index (χ3v) is 11.6. The molecule has 43 heavy (non-hydrogen) atoms. The van der Waals surface area contributed by atoms with Crippen molar-refractivity contribution < 1.29 is 17.7 Å². The second-order valence-corrected chi connectivity index (χ2v) is 15.4. The van der Waals surface area contributed by atoms with Gasteiger partial charge in [0, 0.05) is 61.4 Å². The smallest absolute Gasteiger partial charge is 0.303 e. The van der Waals surface area contributed by atoms with Crippen molar-refractivity contribution >= 4 is 66.0 Å².